The van der Waals surface area contributed by atoms with Crippen LogP contribution in [0.5, 0.6) is 0 Å². The maximum atomic E-state index is 5.07. The van der Waals surface area contributed by atoms with Gasteiger partial charge in [0.05, 0.1) is 11.2 Å². The fourth-order valence-electron chi connectivity index (χ4n) is 5.73. The third-order valence-electron chi connectivity index (χ3n) is 7.47. The van der Waals surface area contributed by atoms with Gasteiger partial charge in [-0.05, 0) is 57.3 Å². The van der Waals surface area contributed by atoms with Crippen molar-refractivity contribution in [2.75, 3.05) is 0 Å². The maximum Gasteiger partial charge on any atom is 0.0712 e. The number of benzene rings is 4. The van der Waals surface area contributed by atoms with Crippen LogP contribution in [0.2, 0.25) is 0 Å². The largest absolute Gasteiger partial charge is 0.248 e. The maximum absolute atomic E-state index is 5.07. The van der Waals surface area contributed by atoms with Gasteiger partial charge in [0.15, 0.2) is 0 Å². The molecule has 0 fully saturated rings. The van der Waals surface area contributed by atoms with E-state index >= 15 is 0 Å². The number of rotatable bonds is 1. The minimum absolute atomic E-state index is 0.0862. The highest BCUT2D eigenvalue weighted by Gasteiger charge is 2.43. The van der Waals surface area contributed by atoms with Gasteiger partial charge in [0.1, 0.15) is 0 Å². The Morgan fingerprint density at radius 1 is 0.531 bits per heavy atom. The van der Waals surface area contributed by atoms with Gasteiger partial charge in [-0.1, -0.05) is 94.4 Å². The van der Waals surface area contributed by atoms with Crippen molar-refractivity contribution in [3.8, 4) is 11.3 Å². The zero-order chi connectivity index (χ0) is 22.1. The number of nitrogens with zero attached hydrogens (tertiary/aromatic N) is 1. The molecule has 32 heavy (non-hydrogen) atoms. The van der Waals surface area contributed by atoms with Gasteiger partial charge in [-0.3, -0.25) is 0 Å². The molecule has 0 atom stereocenters. The van der Waals surface area contributed by atoms with Gasteiger partial charge >= 0.3 is 0 Å². The number of hydrogen-bond acceptors (Lipinski definition) is 1. The quantitative estimate of drug-likeness (QED) is 0.271. The lowest BCUT2D eigenvalue weighted by atomic mass is 9.58. The Labute approximate surface area is 189 Å². The number of hydrogen-bond donors (Lipinski definition) is 0. The Morgan fingerprint density at radius 3 is 1.88 bits per heavy atom. The normalized spacial score (nSPS) is 16.0. The zero-order valence-electron chi connectivity index (χ0n) is 19.1. The van der Waals surface area contributed by atoms with E-state index in [9.17, 15) is 0 Å². The first-order valence-electron chi connectivity index (χ1n) is 11.4. The van der Waals surface area contributed by atoms with Gasteiger partial charge in [0.25, 0.3) is 0 Å². The smallest absolute Gasteiger partial charge is 0.0712 e. The molecule has 1 heteroatoms. The lowest BCUT2D eigenvalue weighted by molar-refractivity contribution is 0.523. The standard InChI is InChI=1S/C31H27N/c1-30(2)24-14-9-13-23(28-17-16-20-10-7-8-15-27(20)32-28)29(24)31(3,4)26-19-22-12-6-5-11-21(22)18-25(26)30/h5-19H,1-4H3. The lowest BCUT2D eigenvalue weighted by Crippen LogP contribution is -2.37. The highest BCUT2D eigenvalue weighted by atomic mass is 14.7. The second kappa shape index (κ2) is 6.53. The van der Waals surface area contributed by atoms with Crippen LogP contribution in [0.25, 0.3) is 32.9 Å². The number of pyridine rings is 1. The summed E-state index contributed by atoms with van der Waals surface area (Å²) >= 11 is 0. The second-order valence-electron chi connectivity index (χ2n) is 10.1. The van der Waals surface area contributed by atoms with Crippen LogP contribution in [0.4, 0.5) is 0 Å². The van der Waals surface area contributed by atoms with Crippen LogP contribution in [0.15, 0.2) is 91.0 Å². The molecule has 156 valence electrons. The lowest BCUT2D eigenvalue weighted by Gasteiger charge is -2.45. The molecule has 4 aromatic carbocycles. The van der Waals surface area contributed by atoms with Crippen molar-refractivity contribution in [2.45, 2.75) is 38.5 Å². The minimum Gasteiger partial charge on any atom is -0.248 e. The van der Waals surface area contributed by atoms with Crippen LogP contribution in [-0.2, 0) is 10.8 Å². The fourth-order valence-corrected chi connectivity index (χ4v) is 5.73. The van der Waals surface area contributed by atoms with Crippen molar-refractivity contribution in [1.82, 2.24) is 4.98 Å². The van der Waals surface area contributed by atoms with Crippen LogP contribution in [0.3, 0.4) is 0 Å². The van der Waals surface area contributed by atoms with Crippen LogP contribution in [0.1, 0.15) is 49.9 Å². The van der Waals surface area contributed by atoms with E-state index < -0.39 is 0 Å². The molecule has 0 radical (unpaired) electrons. The predicted molar refractivity (Wildman–Crippen MR) is 135 cm³/mol. The average molecular weight is 414 g/mol. The van der Waals surface area contributed by atoms with Gasteiger partial charge < -0.3 is 0 Å². The number of para-hydroxylation sites is 1. The first-order valence-corrected chi connectivity index (χ1v) is 11.4. The van der Waals surface area contributed by atoms with Gasteiger partial charge in [-0.2, -0.15) is 0 Å². The van der Waals surface area contributed by atoms with E-state index in [0.717, 1.165) is 11.2 Å². The summed E-state index contributed by atoms with van der Waals surface area (Å²) in [5, 5.41) is 3.79. The first kappa shape index (κ1) is 19.3. The topological polar surface area (TPSA) is 12.9 Å². The zero-order valence-corrected chi connectivity index (χ0v) is 19.1. The number of fused-ring (bicyclic) bond motifs is 4. The van der Waals surface area contributed by atoms with Gasteiger partial charge in [-0.15, -0.1) is 0 Å². The van der Waals surface area contributed by atoms with E-state index in [1.54, 1.807) is 0 Å². The molecule has 0 N–H and O–H groups in total. The van der Waals surface area contributed by atoms with Crippen molar-refractivity contribution in [3.05, 3.63) is 113 Å². The van der Waals surface area contributed by atoms with Crippen LogP contribution < -0.4 is 0 Å². The molecule has 1 aliphatic carbocycles. The third kappa shape index (κ3) is 2.61. The SMILES string of the molecule is CC1(C)c2cc3ccccc3cc2C(C)(C)c2c(-c3ccc4ccccc4n3)cccc21. The summed E-state index contributed by atoms with van der Waals surface area (Å²) in [6, 6.07) is 33.1. The molecule has 6 rings (SSSR count). The molecule has 0 saturated heterocycles. The fraction of sp³-hybridized carbons (Fsp3) is 0.194. The minimum atomic E-state index is -0.131. The van der Waals surface area contributed by atoms with Crippen molar-refractivity contribution >= 4 is 21.7 Å². The van der Waals surface area contributed by atoms with Crippen molar-refractivity contribution in [1.29, 1.82) is 0 Å². The molecule has 0 amide bonds. The van der Waals surface area contributed by atoms with Crippen molar-refractivity contribution < 1.29 is 0 Å². The molecule has 1 aromatic heterocycles. The summed E-state index contributed by atoms with van der Waals surface area (Å²) in [4.78, 5) is 5.07. The Hall–Kier alpha value is -3.45. The van der Waals surface area contributed by atoms with E-state index in [0.29, 0.717) is 0 Å². The summed E-state index contributed by atoms with van der Waals surface area (Å²) in [6.45, 7) is 9.48. The first-order chi connectivity index (χ1) is 15.4. The van der Waals surface area contributed by atoms with E-state index in [4.69, 9.17) is 4.98 Å². The predicted octanol–water partition coefficient (Wildman–Crippen LogP) is 8.02. The number of aromatic nitrogens is 1. The molecular weight excluding hydrogens is 386 g/mol. The van der Waals surface area contributed by atoms with Gasteiger partial charge in [-0.25, -0.2) is 4.98 Å². The van der Waals surface area contributed by atoms with Crippen LogP contribution in [-0.4, -0.2) is 4.98 Å². The molecule has 5 aromatic rings. The summed E-state index contributed by atoms with van der Waals surface area (Å²) in [7, 11) is 0. The summed E-state index contributed by atoms with van der Waals surface area (Å²) < 4.78 is 0. The Bertz CT molecular complexity index is 1520. The third-order valence-corrected chi connectivity index (χ3v) is 7.47. The van der Waals surface area contributed by atoms with E-state index in [1.807, 2.05) is 0 Å². The molecule has 1 nitrogen and oxygen atoms in total. The molecular formula is C31H27N. The van der Waals surface area contributed by atoms with Crippen molar-refractivity contribution in [2.24, 2.45) is 0 Å². The molecule has 1 heterocycles. The highest BCUT2D eigenvalue weighted by molar-refractivity contribution is 5.87. The molecule has 0 spiro atoms. The van der Waals surface area contributed by atoms with Crippen LogP contribution in [0, 0.1) is 0 Å². The van der Waals surface area contributed by atoms with E-state index in [-0.39, 0.29) is 10.8 Å². The molecule has 0 aliphatic heterocycles. The Morgan fingerprint density at radius 2 is 1.16 bits per heavy atom. The summed E-state index contributed by atoms with van der Waals surface area (Å²) in [5.74, 6) is 0. The summed E-state index contributed by atoms with van der Waals surface area (Å²) in [6.07, 6.45) is 0. The molecule has 1 aliphatic rings. The second-order valence-corrected chi connectivity index (χ2v) is 10.1. The van der Waals surface area contributed by atoms with E-state index in [2.05, 4.69) is 119 Å². The monoisotopic (exact) mass is 413 g/mol. The van der Waals surface area contributed by atoms with Crippen molar-refractivity contribution in [3.63, 3.8) is 0 Å². The van der Waals surface area contributed by atoms with Gasteiger partial charge in [0.2, 0.25) is 0 Å². The molecule has 0 saturated carbocycles. The molecule has 0 unspecified atom stereocenters. The Balaban J connectivity index is 1.66. The average Bonchev–Trinajstić information content (AvgIpc) is 2.81. The van der Waals surface area contributed by atoms with Crippen LogP contribution >= 0.6 is 0 Å². The molecule has 0 bridgehead atoms. The van der Waals surface area contributed by atoms with E-state index in [1.165, 1.54) is 44.0 Å². The Kier molecular flexibility index (Phi) is 3.93. The highest BCUT2D eigenvalue weighted by Crippen LogP contribution is 2.53. The summed E-state index contributed by atoms with van der Waals surface area (Å²) in [5.41, 5.74) is 8.76. The van der Waals surface area contributed by atoms with Gasteiger partial charge in [0, 0.05) is 21.8 Å².